The number of carbonyl (C=O) groups is 2. The average Bonchev–Trinajstić information content (AvgIpc) is 2.74. The highest BCUT2D eigenvalue weighted by Crippen LogP contribution is 2.40. The first kappa shape index (κ1) is 20.3. The van der Waals surface area contributed by atoms with Gasteiger partial charge in [0.2, 0.25) is 0 Å². The summed E-state index contributed by atoms with van der Waals surface area (Å²) in [6, 6.07) is 13.4. The molecule has 29 heavy (non-hydrogen) atoms. The maximum absolute atomic E-state index is 12.9. The summed E-state index contributed by atoms with van der Waals surface area (Å²) >= 11 is 0. The highest BCUT2D eigenvalue weighted by molar-refractivity contribution is 6.04. The van der Waals surface area contributed by atoms with Crippen LogP contribution in [0.1, 0.15) is 31.0 Å². The summed E-state index contributed by atoms with van der Waals surface area (Å²) in [5.74, 6) is 0.466. The molecule has 1 unspecified atom stereocenters. The van der Waals surface area contributed by atoms with Crippen LogP contribution in [0.25, 0.3) is 5.70 Å². The van der Waals surface area contributed by atoms with E-state index in [4.69, 9.17) is 14.2 Å². The van der Waals surface area contributed by atoms with Crippen LogP contribution in [0.3, 0.4) is 0 Å². The Morgan fingerprint density at radius 2 is 1.79 bits per heavy atom. The summed E-state index contributed by atoms with van der Waals surface area (Å²) in [6.45, 7) is 4.27. The molecular formula is C22H24N2O5. The molecule has 1 heterocycles. The van der Waals surface area contributed by atoms with E-state index < -0.39 is 18.0 Å². The normalized spacial score (nSPS) is 16.0. The van der Waals surface area contributed by atoms with E-state index in [1.165, 1.54) is 7.11 Å². The van der Waals surface area contributed by atoms with Gasteiger partial charge < -0.3 is 24.8 Å². The van der Waals surface area contributed by atoms with E-state index in [2.05, 4.69) is 10.6 Å². The fraction of sp³-hybridized carbons (Fsp3) is 0.273. The van der Waals surface area contributed by atoms with Crippen molar-refractivity contribution < 1.29 is 23.8 Å². The van der Waals surface area contributed by atoms with Crippen molar-refractivity contribution >= 4 is 17.7 Å². The SMILES string of the molecule is CCOC(=O)C1=C(c2ccccc2)NC(=O)NC1c1cccc(OCC)c1OC. The van der Waals surface area contributed by atoms with Crippen LogP contribution >= 0.6 is 0 Å². The second kappa shape index (κ2) is 9.14. The van der Waals surface area contributed by atoms with Gasteiger partial charge in [-0.05, 0) is 25.5 Å². The minimum Gasteiger partial charge on any atom is -0.492 e. The zero-order valence-electron chi connectivity index (χ0n) is 16.7. The number of ether oxygens (including phenoxy) is 3. The lowest BCUT2D eigenvalue weighted by molar-refractivity contribution is -0.138. The Morgan fingerprint density at radius 3 is 2.45 bits per heavy atom. The second-order valence-corrected chi connectivity index (χ2v) is 6.22. The van der Waals surface area contributed by atoms with Crippen molar-refractivity contribution in [2.45, 2.75) is 19.9 Å². The Morgan fingerprint density at radius 1 is 1.03 bits per heavy atom. The lowest BCUT2D eigenvalue weighted by Crippen LogP contribution is -2.45. The molecule has 0 radical (unpaired) electrons. The van der Waals surface area contributed by atoms with E-state index in [1.54, 1.807) is 25.1 Å². The van der Waals surface area contributed by atoms with Gasteiger partial charge in [-0.15, -0.1) is 0 Å². The molecule has 1 atom stereocenters. The number of hydrogen-bond donors (Lipinski definition) is 2. The number of rotatable bonds is 7. The van der Waals surface area contributed by atoms with Crippen LogP contribution in [-0.2, 0) is 9.53 Å². The van der Waals surface area contributed by atoms with Crippen LogP contribution in [-0.4, -0.2) is 32.3 Å². The van der Waals surface area contributed by atoms with Crippen molar-refractivity contribution in [3.05, 3.63) is 65.2 Å². The van der Waals surface area contributed by atoms with Crippen molar-refractivity contribution in [3.8, 4) is 11.5 Å². The number of nitrogens with one attached hydrogen (secondary N) is 2. The van der Waals surface area contributed by atoms with Crippen LogP contribution in [0.4, 0.5) is 4.79 Å². The number of urea groups is 1. The van der Waals surface area contributed by atoms with Gasteiger partial charge in [-0.25, -0.2) is 9.59 Å². The highest BCUT2D eigenvalue weighted by Gasteiger charge is 2.36. The van der Waals surface area contributed by atoms with Crippen LogP contribution in [0, 0.1) is 0 Å². The molecule has 7 heteroatoms. The molecule has 7 nitrogen and oxygen atoms in total. The molecule has 0 saturated carbocycles. The minimum atomic E-state index is -0.770. The topological polar surface area (TPSA) is 85.9 Å². The Balaban J connectivity index is 2.22. The van der Waals surface area contributed by atoms with Gasteiger partial charge in [-0.2, -0.15) is 0 Å². The van der Waals surface area contributed by atoms with Gasteiger partial charge in [0.25, 0.3) is 0 Å². The molecule has 1 aliphatic heterocycles. The van der Waals surface area contributed by atoms with Crippen molar-refractivity contribution in [1.82, 2.24) is 10.6 Å². The number of hydrogen-bond acceptors (Lipinski definition) is 5. The monoisotopic (exact) mass is 396 g/mol. The number of esters is 1. The van der Waals surface area contributed by atoms with Gasteiger partial charge in [0.05, 0.1) is 37.6 Å². The van der Waals surface area contributed by atoms with E-state index in [-0.39, 0.29) is 6.61 Å². The highest BCUT2D eigenvalue weighted by atomic mass is 16.5. The Hall–Kier alpha value is -3.48. The van der Waals surface area contributed by atoms with E-state index in [0.717, 1.165) is 0 Å². The van der Waals surface area contributed by atoms with Crippen molar-refractivity contribution in [1.29, 1.82) is 0 Å². The number of carbonyl (C=O) groups excluding carboxylic acids is 2. The van der Waals surface area contributed by atoms with Gasteiger partial charge in [0.1, 0.15) is 0 Å². The molecule has 2 aromatic carbocycles. The van der Waals surface area contributed by atoms with E-state index in [9.17, 15) is 9.59 Å². The molecule has 2 amide bonds. The number of para-hydroxylation sites is 1. The van der Waals surface area contributed by atoms with Crippen molar-refractivity contribution in [2.24, 2.45) is 0 Å². The first-order chi connectivity index (χ1) is 14.1. The smallest absolute Gasteiger partial charge is 0.338 e. The zero-order chi connectivity index (χ0) is 20.8. The van der Waals surface area contributed by atoms with Crippen LogP contribution in [0.5, 0.6) is 11.5 Å². The van der Waals surface area contributed by atoms with Gasteiger partial charge in [-0.1, -0.05) is 42.5 Å². The second-order valence-electron chi connectivity index (χ2n) is 6.22. The largest absolute Gasteiger partial charge is 0.492 e. The predicted octanol–water partition coefficient (Wildman–Crippen LogP) is 3.42. The fourth-order valence-electron chi connectivity index (χ4n) is 3.31. The zero-order valence-corrected chi connectivity index (χ0v) is 16.7. The fourth-order valence-corrected chi connectivity index (χ4v) is 3.31. The molecule has 0 aliphatic carbocycles. The van der Waals surface area contributed by atoms with Crippen molar-refractivity contribution in [2.75, 3.05) is 20.3 Å². The molecular weight excluding hydrogens is 372 g/mol. The van der Waals surface area contributed by atoms with E-state index >= 15 is 0 Å². The molecule has 2 aromatic rings. The standard InChI is InChI=1S/C22H24N2O5/c1-4-28-16-13-9-12-15(20(16)27-3)19-17(21(25)29-5-2)18(23-22(26)24-19)14-10-7-6-8-11-14/h6-13,19H,4-5H2,1-3H3,(H2,23,24,26). The third-order valence-electron chi connectivity index (χ3n) is 4.45. The van der Waals surface area contributed by atoms with Gasteiger partial charge in [-0.3, -0.25) is 0 Å². The molecule has 0 saturated heterocycles. The minimum absolute atomic E-state index is 0.210. The Labute approximate surface area is 169 Å². The van der Waals surface area contributed by atoms with Gasteiger partial charge in [0.15, 0.2) is 11.5 Å². The van der Waals surface area contributed by atoms with Gasteiger partial charge >= 0.3 is 12.0 Å². The lowest BCUT2D eigenvalue weighted by atomic mass is 9.92. The first-order valence-electron chi connectivity index (χ1n) is 9.44. The Bertz CT molecular complexity index is 924. The summed E-state index contributed by atoms with van der Waals surface area (Å²) in [7, 11) is 1.52. The average molecular weight is 396 g/mol. The molecule has 152 valence electrons. The van der Waals surface area contributed by atoms with Crippen LogP contribution in [0.2, 0.25) is 0 Å². The molecule has 0 aromatic heterocycles. The lowest BCUT2D eigenvalue weighted by Gasteiger charge is -2.30. The number of amides is 2. The van der Waals surface area contributed by atoms with Gasteiger partial charge in [0, 0.05) is 5.56 Å². The number of methoxy groups -OCH3 is 1. The van der Waals surface area contributed by atoms with Crippen LogP contribution in [0.15, 0.2) is 54.1 Å². The van der Waals surface area contributed by atoms with E-state index in [1.807, 2.05) is 37.3 Å². The summed E-state index contributed by atoms with van der Waals surface area (Å²) in [4.78, 5) is 25.4. The summed E-state index contributed by atoms with van der Waals surface area (Å²) in [5, 5.41) is 5.58. The quantitative estimate of drug-likeness (QED) is 0.701. The summed E-state index contributed by atoms with van der Waals surface area (Å²) in [6.07, 6.45) is 0. The molecule has 0 fully saturated rings. The molecule has 0 spiro atoms. The van der Waals surface area contributed by atoms with Crippen LogP contribution < -0.4 is 20.1 Å². The predicted molar refractivity (Wildman–Crippen MR) is 109 cm³/mol. The maximum Gasteiger partial charge on any atom is 0.338 e. The molecule has 3 rings (SSSR count). The summed E-state index contributed by atoms with van der Waals surface area (Å²) < 4.78 is 16.5. The third-order valence-corrected chi connectivity index (χ3v) is 4.45. The molecule has 2 N–H and O–H groups in total. The maximum atomic E-state index is 12.9. The molecule has 1 aliphatic rings. The first-order valence-corrected chi connectivity index (χ1v) is 9.44. The molecule has 0 bridgehead atoms. The van der Waals surface area contributed by atoms with E-state index in [0.29, 0.717) is 40.5 Å². The van der Waals surface area contributed by atoms with Crippen molar-refractivity contribution in [3.63, 3.8) is 0 Å². The third kappa shape index (κ3) is 4.18. The number of benzene rings is 2. The Kier molecular flexibility index (Phi) is 6.39. The summed E-state index contributed by atoms with van der Waals surface area (Å²) in [5.41, 5.74) is 2.01.